The number of hydrogen-bond donors (Lipinski definition) is 0. The molecule has 0 unspecified atom stereocenters. The van der Waals surface area contributed by atoms with Gasteiger partial charge < -0.3 is 0 Å². The Morgan fingerprint density at radius 1 is 0.704 bits per heavy atom. The van der Waals surface area contributed by atoms with Gasteiger partial charge in [-0.15, -0.1) is 0 Å². The predicted molar refractivity (Wildman–Crippen MR) is 112 cm³/mol. The molecule has 138 valence electrons. The molecule has 1 aliphatic rings. The van der Waals surface area contributed by atoms with Gasteiger partial charge in [-0.2, -0.15) is 0 Å². The van der Waals surface area contributed by atoms with Crippen molar-refractivity contribution in [3.63, 3.8) is 0 Å². The fourth-order valence-electron chi connectivity index (χ4n) is 4.20. The van der Waals surface area contributed by atoms with E-state index in [1.54, 1.807) is 6.07 Å². The van der Waals surface area contributed by atoms with Crippen molar-refractivity contribution >= 4 is 0 Å². The monoisotopic (exact) mass is 358 g/mol. The van der Waals surface area contributed by atoms with E-state index in [9.17, 15) is 4.39 Å². The molecule has 0 saturated heterocycles. The second-order valence-corrected chi connectivity index (χ2v) is 8.14. The van der Waals surface area contributed by atoms with Crippen LogP contribution in [0.1, 0.15) is 49.7 Å². The molecule has 0 N–H and O–H groups in total. The van der Waals surface area contributed by atoms with Gasteiger partial charge in [0.2, 0.25) is 0 Å². The van der Waals surface area contributed by atoms with Gasteiger partial charge in [0.05, 0.1) is 0 Å². The molecule has 0 nitrogen and oxygen atoms in total. The Morgan fingerprint density at radius 2 is 1.30 bits per heavy atom. The topological polar surface area (TPSA) is 0 Å². The van der Waals surface area contributed by atoms with Crippen LogP contribution >= 0.6 is 0 Å². The molecule has 0 amide bonds. The first-order chi connectivity index (χ1) is 13.1. The molecular formula is C26H27F. The molecule has 0 spiro atoms. The fourth-order valence-corrected chi connectivity index (χ4v) is 4.20. The average Bonchev–Trinajstić information content (AvgIpc) is 2.69. The third-order valence-electron chi connectivity index (χ3n) is 6.06. The molecule has 0 aromatic heterocycles. The zero-order valence-corrected chi connectivity index (χ0v) is 16.2. The van der Waals surface area contributed by atoms with Crippen molar-refractivity contribution in [1.82, 2.24) is 0 Å². The second-order valence-electron chi connectivity index (χ2n) is 8.14. The highest BCUT2D eigenvalue weighted by atomic mass is 19.1. The van der Waals surface area contributed by atoms with E-state index in [2.05, 4.69) is 31.2 Å². The molecule has 1 saturated carbocycles. The molecule has 4 rings (SSSR count). The first kappa shape index (κ1) is 18.0. The number of benzene rings is 3. The minimum Gasteiger partial charge on any atom is -0.206 e. The Balaban J connectivity index is 1.55. The van der Waals surface area contributed by atoms with Crippen molar-refractivity contribution in [2.45, 2.75) is 45.4 Å². The third kappa shape index (κ3) is 3.98. The maximum absolute atomic E-state index is 14.7. The van der Waals surface area contributed by atoms with E-state index < -0.39 is 0 Å². The van der Waals surface area contributed by atoms with Crippen molar-refractivity contribution in [2.24, 2.45) is 5.92 Å². The zero-order chi connectivity index (χ0) is 18.8. The van der Waals surface area contributed by atoms with Gasteiger partial charge in [-0.25, -0.2) is 4.39 Å². The normalized spacial score (nSPS) is 19.8. The highest BCUT2D eigenvalue weighted by Gasteiger charge is 2.19. The van der Waals surface area contributed by atoms with Gasteiger partial charge in [0.25, 0.3) is 0 Å². The quantitative estimate of drug-likeness (QED) is 0.449. The van der Waals surface area contributed by atoms with E-state index in [0.717, 1.165) is 22.6 Å². The van der Waals surface area contributed by atoms with Gasteiger partial charge in [-0.3, -0.25) is 0 Å². The smallest absolute Gasteiger partial charge is 0.131 e. The van der Waals surface area contributed by atoms with Crippen molar-refractivity contribution < 1.29 is 4.39 Å². The minimum absolute atomic E-state index is 0.165. The summed E-state index contributed by atoms with van der Waals surface area (Å²) in [5.41, 5.74) is 6.22. The highest BCUT2D eigenvalue weighted by molar-refractivity contribution is 5.71. The number of halogens is 1. The summed E-state index contributed by atoms with van der Waals surface area (Å²) in [5.74, 6) is 1.40. The number of aryl methyl sites for hydroxylation is 1. The van der Waals surface area contributed by atoms with Crippen LogP contribution in [-0.2, 0) is 0 Å². The summed E-state index contributed by atoms with van der Waals surface area (Å²) in [4.78, 5) is 0. The van der Waals surface area contributed by atoms with Crippen molar-refractivity contribution in [1.29, 1.82) is 0 Å². The maximum atomic E-state index is 14.7. The molecule has 27 heavy (non-hydrogen) atoms. The SMILES string of the molecule is Cc1ccc(-c2ccc(-c3ccc(C4CCC(C)CC4)cc3)cc2F)cc1. The van der Waals surface area contributed by atoms with Gasteiger partial charge in [0, 0.05) is 5.56 Å². The Hall–Kier alpha value is -2.41. The van der Waals surface area contributed by atoms with Crippen LogP contribution in [0, 0.1) is 18.7 Å². The minimum atomic E-state index is -0.165. The molecule has 0 heterocycles. The van der Waals surface area contributed by atoms with Gasteiger partial charge in [-0.1, -0.05) is 86.0 Å². The Bertz CT molecular complexity index is 898. The van der Waals surface area contributed by atoms with E-state index in [0.29, 0.717) is 11.5 Å². The molecule has 3 aromatic carbocycles. The lowest BCUT2D eigenvalue weighted by molar-refractivity contribution is 0.348. The summed E-state index contributed by atoms with van der Waals surface area (Å²) in [6.07, 6.45) is 5.25. The maximum Gasteiger partial charge on any atom is 0.131 e. The largest absolute Gasteiger partial charge is 0.206 e. The molecule has 0 radical (unpaired) electrons. The second kappa shape index (κ2) is 7.68. The lowest BCUT2D eigenvalue weighted by Gasteiger charge is -2.26. The summed E-state index contributed by atoms with van der Waals surface area (Å²) in [7, 11) is 0. The standard InChI is InChI=1S/C26H27F/c1-18-3-7-20(8-4-18)21-11-13-22(14-12-21)24-15-16-25(26(27)17-24)23-9-5-19(2)6-10-23/h5-6,9-18,20H,3-4,7-8H2,1-2H3. The Morgan fingerprint density at radius 3 is 1.93 bits per heavy atom. The Kier molecular flexibility index (Phi) is 5.11. The van der Waals surface area contributed by atoms with Gasteiger partial charge in [0.1, 0.15) is 5.82 Å². The van der Waals surface area contributed by atoms with Crippen molar-refractivity contribution in [3.8, 4) is 22.3 Å². The Labute approximate surface area is 162 Å². The zero-order valence-electron chi connectivity index (χ0n) is 16.2. The van der Waals surface area contributed by atoms with Crippen LogP contribution in [0.4, 0.5) is 4.39 Å². The van der Waals surface area contributed by atoms with Crippen LogP contribution in [0.3, 0.4) is 0 Å². The summed E-state index contributed by atoms with van der Waals surface area (Å²) >= 11 is 0. The average molecular weight is 359 g/mol. The summed E-state index contributed by atoms with van der Waals surface area (Å²) in [6.45, 7) is 4.40. The van der Waals surface area contributed by atoms with Crippen molar-refractivity contribution in [2.75, 3.05) is 0 Å². The first-order valence-corrected chi connectivity index (χ1v) is 10.1. The fraction of sp³-hybridized carbons (Fsp3) is 0.308. The van der Waals surface area contributed by atoms with Crippen LogP contribution in [0.25, 0.3) is 22.3 Å². The summed E-state index contributed by atoms with van der Waals surface area (Å²) in [6, 6.07) is 22.3. The number of hydrogen-bond acceptors (Lipinski definition) is 0. The number of rotatable bonds is 3. The van der Waals surface area contributed by atoms with E-state index in [1.165, 1.54) is 36.8 Å². The first-order valence-electron chi connectivity index (χ1n) is 10.1. The highest BCUT2D eigenvalue weighted by Crippen LogP contribution is 2.36. The lowest BCUT2D eigenvalue weighted by atomic mass is 9.79. The van der Waals surface area contributed by atoms with Crippen LogP contribution < -0.4 is 0 Å². The van der Waals surface area contributed by atoms with E-state index in [-0.39, 0.29) is 5.82 Å². The third-order valence-corrected chi connectivity index (χ3v) is 6.06. The lowest BCUT2D eigenvalue weighted by Crippen LogP contribution is -2.10. The van der Waals surface area contributed by atoms with E-state index in [4.69, 9.17) is 0 Å². The van der Waals surface area contributed by atoms with Gasteiger partial charge in [-0.05, 0) is 59.9 Å². The van der Waals surface area contributed by atoms with Gasteiger partial charge >= 0.3 is 0 Å². The van der Waals surface area contributed by atoms with Crippen LogP contribution in [0.15, 0.2) is 66.7 Å². The molecule has 0 atom stereocenters. The summed E-state index contributed by atoms with van der Waals surface area (Å²) < 4.78 is 14.7. The molecule has 1 aliphatic carbocycles. The molecular weight excluding hydrogens is 331 g/mol. The van der Waals surface area contributed by atoms with Crippen LogP contribution in [0.5, 0.6) is 0 Å². The molecule has 3 aromatic rings. The molecule has 1 heteroatoms. The predicted octanol–water partition coefficient (Wildman–Crippen LogP) is 7.76. The van der Waals surface area contributed by atoms with Crippen molar-refractivity contribution in [3.05, 3.63) is 83.7 Å². The molecule has 0 aliphatic heterocycles. The van der Waals surface area contributed by atoms with E-state index in [1.807, 2.05) is 43.3 Å². The van der Waals surface area contributed by atoms with Crippen LogP contribution in [-0.4, -0.2) is 0 Å². The molecule has 1 fully saturated rings. The van der Waals surface area contributed by atoms with Gasteiger partial charge in [0.15, 0.2) is 0 Å². The summed E-state index contributed by atoms with van der Waals surface area (Å²) in [5, 5.41) is 0. The van der Waals surface area contributed by atoms with Crippen LogP contribution in [0.2, 0.25) is 0 Å². The molecule has 0 bridgehead atoms. The van der Waals surface area contributed by atoms with E-state index >= 15 is 0 Å².